The van der Waals surface area contributed by atoms with E-state index in [0.717, 1.165) is 6.07 Å². The van der Waals surface area contributed by atoms with Gasteiger partial charge in [0.15, 0.2) is 0 Å². The second kappa shape index (κ2) is 6.57. The van der Waals surface area contributed by atoms with E-state index in [2.05, 4.69) is 6.58 Å². The zero-order valence-electron chi connectivity index (χ0n) is 13.3. The Balaban J connectivity index is 2.29. The van der Waals surface area contributed by atoms with Gasteiger partial charge in [0.1, 0.15) is 4.90 Å². The number of sulfonamides is 1. The molecule has 24 heavy (non-hydrogen) atoms. The van der Waals surface area contributed by atoms with Crippen molar-refractivity contribution in [3.63, 3.8) is 0 Å². The molecule has 8 heteroatoms. The van der Waals surface area contributed by atoms with E-state index < -0.39 is 27.3 Å². The van der Waals surface area contributed by atoms with Crippen LogP contribution >= 0.6 is 11.6 Å². The van der Waals surface area contributed by atoms with Gasteiger partial charge in [-0.1, -0.05) is 24.6 Å². The van der Waals surface area contributed by atoms with Gasteiger partial charge in [-0.3, -0.25) is 4.79 Å². The van der Waals surface area contributed by atoms with E-state index in [1.807, 2.05) is 4.72 Å². The summed E-state index contributed by atoms with van der Waals surface area (Å²) in [4.78, 5) is 23.7. The van der Waals surface area contributed by atoms with Gasteiger partial charge in [0.05, 0.1) is 22.6 Å². The average molecular weight is 372 g/mol. The van der Waals surface area contributed by atoms with Crippen molar-refractivity contribution in [3.8, 4) is 0 Å². The summed E-state index contributed by atoms with van der Waals surface area (Å²) in [5.74, 6) is -1.35. The normalized spacial score (nSPS) is 22.5. The Hall–Kier alpha value is -1.86. The molecule has 1 aromatic rings. The van der Waals surface area contributed by atoms with E-state index >= 15 is 0 Å². The minimum Gasteiger partial charge on any atom is -0.462 e. The van der Waals surface area contributed by atoms with Gasteiger partial charge in [0.25, 0.3) is 10.0 Å². The number of carbonyl (C=O) groups is 2. The topological polar surface area (TPSA) is 89.5 Å². The summed E-state index contributed by atoms with van der Waals surface area (Å²) >= 11 is 5.93. The molecule has 1 aliphatic carbocycles. The number of halogens is 1. The molecule has 6 nitrogen and oxygen atoms in total. The third kappa shape index (κ3) is 3.47. The molecule has 1 saturated carbocycles. The van der Waals surface area contributed by atoms with E-state index in [4.69, 9.17) is 16.3 Å². The van der Waals surface area contributed by atoms with Crippen molar-refractivity contribution in [1.29, 1.82) is 0 Å². The van der Waals surface area contributed by atoms with Crippen molar-refractivity contribution in [3.05, 3.63) is 41.4 Å². The number of allylic oxidation sites excluding steroid dienone is 1. The van der Waals surface area contributed by atoms with Crippen molar-refractivity contribution >= 4 is 33.5 Å². The molecular weight excluding hydrogens is 354 g/mol. The van der Waals surface area contributed by atoms with Gasteiger partial charge in [-0.15, -0.1) is 6.58 Å². The number of hydrogen-bond donors (Lipinski definition) is 1. The summed E-state index contributed by atoms with van der Waals surface area (Å²) in [6, 6.07) is 3.73. The fourth-order valence-electron chi connectivity index (χ4n) is 2.35. The lowest BCUT2D eigenvalue weighted by Crippen LogP contribution is -2.36. The van der Waals surface area contributed by atoms with Crippen LogP contribution in [0.15, 0.2) is 35.7 Å². The molecule has 1 aromatic carbocycles. The Bertz CT molecular complexity index is 805. The fraction of sp³-hybridized carbons (Fsp3) is 0.375. The van der Waals surface area contributed by atoms with Crippen LogP contribution in [0.2, 0.25) is 5.02 Å². The predicted molar refractivity (Wildman–Crippen MR) is 89.1 cm³/mol. The van der Waals surface area contributed by atoms with Crippen molar-refractivity contribution in [2.24, 2.45) is 11.3 Å². The molecule has 0 spiro atoms. The monoisotopic (exact) mass is 371 g/mol. The predicted octanol–water partition coefficient (Wildman–Crippen LogP) is 2.53. The Morgan fingerprint density at radius 2 is 2.17 bits per heavy atom. The van der Waals surface area contributed by atoms with Crippen LogP contribution < -0.4 is 4.72 Å². The lowest BCUT2D eigenvalue weighted by molar-refractivity contribution is -0.124. The smallest absolute Gasteiger partial charge is 0.338 e. The van der Waals surface area contributed by atoms with Crippen molar-refractivity contribution in [1.82, 2.24) is 4.72 Å². The number of hydrogen-bond acceptors (Lipinski definition) is 5. The van der Waals surface area contributed by atoms with E-state index in [1.54, 1.807) is 19.9 Å². The van der Waals surface area contributed by atoms with Gasteiger partial charge in [0, 0.05) is 0 Å². The first-order valence-corrected chi connectivity index (χ1v) is 9.18. The van der Waals surface area contributed by atoms with Crippen LogP contribution in [0.5, 0.6) is 0 Å². The molecule has 0 radical (unpaired) electrons. The molecule has 2 atom stereocenters. The molecule has 1 fully saturated rings. The summed E-state index contributed by atoms with van der Waals surface area (Å²) in [7, 11) is -4.21. The minimum atomic E-state index is -4.21. The zero-order chi connectivity index (χ0) is 18.1. The molecule has 1 amide bonds. The highest BCUT2D eigenvalue weighted by Crippen LogP contribution is 2.53. The first-order chi connectivity index (χ1) is 11.2. The quantitative estimate of drug-likeness (QED) is 0.613. The Morgan fingerprint density at radius 1 is 1.50 bits per heavy atom. The molecule has 130 valence electrons. The van der Waals surface area contributed by atoms with Crippen LogP contribution in [0.4, 0.5) is 0 Å². The number of rotatable bonds is 6. The highest BCUT2D eigenvalue weighted by molar-refractivity contribution is 7.90. The second-order valence-corrected chi connectivity index (χ2v) is 7.82. The lowest BCUT2D eigenvalue weighted by Gasteiger charge is -2.13. The molecule has 1 aliphatic rings. The van der Waals surface area contributed by atoms with Gasteiger partial charge in [-0.2, -0.15) is 0 Å². The first-order valence-electron chi connectivity index (χ1n) is 7.32. The third-order valence-electron chi connectivity index (χ3n) is 4.06. The van der Waals surface area contributed by atoms with Gasteiger partial charge >= 0.3 is 5.97 Å². The molecule has 1 N–H and O–H groups in total. The second-order valence-electron chi connectivity index (χ2n) is 5.76. The molecule has 0 aliphatic heterocycles. The van der Waals surface area contributed by atoms with Crippen LogP contribution in [0.1, 0.15) is 30.6 Å². The molecule has 0 heterocycles. The number of carbonyl (C=O) groups excluding carboxylic acids is 2. The van der Waals surface area contributed by atoms with Crippen molar-refractivity contribution in [2.45, 2.75) is 25.2 Å². The summed E-state index contributed by atoms with van der Waals surface area (Å²) < 4.78 is 31.8. The average Bonchev–Trinajstić information content (AvgIpc) is 3.20. The van der Waals surface area contributed by atoms with E-state index in [-0.39, 0.29) is 28.0 Å². The lowest BCUT2D eigenvalue weighted by atomic mass is 10.1. The maximum Gasteiger partial charge on any atom is 0.338 e. The highest BCUT2D eigenvalue weighted by atomic mass is 35.5. The Morgan fingerprint density at radius 3 is 2.71 bits per heavy atom. The van der Waals surface area contributed by atoms with Crippen LogP contribution in [0, 0.1) is 11.3 Å². The van der Waals surface area contributed by atoms with Gasteiger partial charge in [-0.25, -0.2) is 17.9 Å². The van der Waals surface area contributed by atoms with Crippen LogP contribution in [-0.4, -0.2) is 26.9 Å². The highest BCUT2D eigenvalue weighted by Gasteiger charge is 2.55. The molecule has 0 bridgehead atoms. The first kappa shape index (κ1) is 18.5. The molecule has 2 rings (SSSR count). The molecular formula is C16H18ClNO5S. The Labute approximate surface area is 145 Å². The van der Waals surface area contributed by atoms with E-state index in [1.165, 1.54) is 12.1 Å². The van der Waals surface area contributed by atoms with Crippen molar-refractivity contribution in [2.75, 3.05) is 6.61 Å². The van der Waals surface area contributed by atoms with Crippen LogP contribution in [-0.2, 0) is 19.6 Å². The fourth-order valence-corrected chi connectivity index (χ4v) is 3.96. The maximum atomic E-state index is 12.5. The number of amides is 1. The number of esters is 1. The minimum absolute atomic E-state index is 0.0377. The van der Waals surface area contributed by atoms with Gasteiger partial charge in [-0.05, 0) is 37.5 Å². The SMILES string of the molecule is C=C[C@@H]1C[C@]1(C)C(=O)NS(=O)(=O)c1cc(C(=O)OCC)ccc1Cl. The number of benzene rings is 1. The van der Waals surface area contributed by atoms with E-state index in [0.29, 0.717) is 6.42 Å². The third-order valence-corrected chi connectivity index (χ3v) is 5.88. The largest absolute Gasteiger partial charge is 0.462 e. The summed E-state index contributed by atoms with van der Waals surface area (Å²) in [5.41, 5.74) is -0.754. The zero-order valence-corrected chi connectivity index (χ0v) is 14.9. The Kier molecular flexibility index (Phi) is 5.05. The van der Waals surface area contributed by atoms with Crippen LogP contribution in [0.3, 0.4) is 0 Å². The molecule has 0 unspecified atom stereocenters. The number of ether oxygens (including phenoxy) is 1. The van der Waals surface area contributed by atoms with E-state index in [9.17, 15) is 18.0 Å². The van der Waals surface area contributed by atoms with Crippen LogP contribution in [0.25, 0.3) is 0 Å². The summed E-state index contributed by atoms with van der Waals surface area (Å²) in [6.45, 7) is 7.07. The van der Waals surface area contributed by atoms with Crippen molar-refractivity contribution < 1.29 is 22.7 Å². The molecule has 0 aromatic heterocycles. The maximum absolute atomic E-state index is 12.5. The molecule has 0 saturated heterocycles. The summed E-state index contributed by atoms with van der Waals surface area (Å²) in [6.07, 6.45) is 2.16. The standard InChI is InChI=1S/C16H18ClNO5S/c1-4-11-9-16(11,3)15(20)18-24(21,22)13-8-10(6-7-12(13)17)14(19)23-5-2/h4,6-8,11H,1,5,9H2,2-3H3,(H,18,20)/t11-,16+/m1/s1. The summed E-state index contributed by atoms with van der Waals surface area (Å²) in [5, 5.41) is -0.0930. The van der Waals surface area contributed by atoms with Gasteiger partial charge in [0.2, 0.25) is 5.91 Å². The number of nitrogens with one attached hydrogen (secondary N) is 1. The van der Waals surface area contributed by atoms with Gasteiger partial charge < -0.3 is 4.74 Å².